The Morgan fingerprint density at radius 2 is 1.97 bits per heavy atom. The van der Waals surface area contributed by atoms with Crippen LogP contribution in [0.1, 0.15) is 36.5 Å². The minimum absolute atomic E-state index is 0.0369. The standard InChI is InChI=1S/C22H23Br2N3O3/c1-11(2)15-9-16(23)13(4)18(24)21(15)30-10-17(28)25-26-19-14-8-6-7-12(3)20(14)27(5)22(19)29/h6-9,11,29H,10H2,1-5H3. The van der Waals surface area contributed by atoms with Crippen LogP contribution in [0.15, 0.2) is 43.4 Å². The van der Waals surface area contributed by atoms with Crippen molar-refractivity contribution in [3.8, 4) is 11.6 Å². The SMILES string of the molecule is Cc1c(Br)cc(C(C)C)c(OCC(=O)N=Nc2c(O)n(C)c3c(C)cccc23)c1Br. The number of hydrogen-bond donors (Lipinski definition) is 1. The monoisotopic (exact) mass is 535 g/mol. The number of ether oxygens (including phenoxy) is 1. The fraction of sp³-hybridized carbons (Fsp3) is 0.318. The number of aromatic nitrogens is 1. The number of carbonyl (C=O) groups excluding carboxylic acids is 1. The summed E-state index contributed by atoms with van der Waals surface area (Å²) in [5, 5.41) is 18.9. The molecular formula is C22H23Br2N3O3. The summed E-state index contributed by atoms with van der Waals surface area (Å²) in [6.07, 6.45) is 0. The van der Waals surface area contributed by atoms with Crippen LogP contribution in [0.5, 0.6) is 11.6 Å². The highest BCUT2D eigenvalue weighted by molar-refractivity contribution is 9.11. The van der Waals surface area contributed by atoms with Crippen LogP contribution in [-0.4, -0.2) is 22.2 Å². The van der Waals surface area contributed by atoms with E-state index in [0.717, 1.165) is 36.5 Å². The molecule has 1 aromatic heterocycles. The van der Waals surface area contributed by atoms with Gasteiger partial charge in [0.25, 0.3) is 0 Å². The van der Waals surface area contributed by atoms with E-state index in [0.29, 0.717) is 5.75 Å². The summed E-state index contributed by atoms with van der Waals surface area (Å²) in [4.78, 5) is 12.4. The summed E-state index contributed by atoms with van der Waals surface area (Å²) < 4.78 is 9.22. The molecule has 0 aliphatic carbocycles. The third-order valence-electron chi connectivity index (χ3n) is 5.01. The lowest BCUT2D eigenvalue weighted by molar-refractivity contribution is -0.120. The molecule has 0 saturated carbocycles. The number of fused-ring (bicyclic) bond motifs is 1. The molecule has 0 fully saturated rings. The Bertz CT molecular complexity index is 1170. The Morgan fingerprint density at radius 3 is 2.63 bits per heavy atom. The molecule has 0 aliphatic heterocycles. The van der Waals surface area contributed by atoms with Crippen LogP contribution < -0.4 is 4.74 Å². The molecule has 8 heteroatoms. The third-order valence-corrected chi connectivity index (χ3v) is 6.79. The van der Waals surface area contributed by atoms with Crippen molar-refractivity contribution in [2.45, 2.75) is 33.6 Å². The Kier molecular flexibility index (Phi) is 6.67. The number of rotatable bonds is 5. The molecule has 0 spiro atoms. The molecular weight excluding hydrogens is 514 g/mol. The normalized spacial score (nSPS) is 11.7. The highest BCUT2D eigenvalue weighted by Gasteiger charge is 2.19. The number of halogens is 2. The maximum absolute atomic E-state index is 12.4. The first-order valence-corrected chi connectivity index (χ1v) is 11.0. The van der Waals surface area contributed by atoms with Gasteiger partial charge in [-0.1, -0.05) is 48.0 Å². The molecule has 3 rings (SSSR count). The second kappa shape index (κ2) is 8.89. The summed E-state index contributed by atoms with van der Waals surface area (Å²) >= 11 is 7.12. The summed E-state index contributed by atoms with van der Waals surface area (Å²) in [7, 11) is 1.75. The van der Waals surface area contributed by atoms with Crippen LogP contribution in [0.2, 0.25) is 0 Å². The summed E-state index contributed by atoms with van der Waals surface area (Å²) in [6, 6.07) is 7.67. The number of hydrogen-bond acceptors (Lipinski definition) is 4. The van der Waals surface area contributed by atoms with E-state index >= 15 is 0 Å². The van der Waals surface area contributed by atoms with Gasteiger partial charge in [-0.2, -0.15) is 0 Å². The van der Waals surface area contributed by atoms with Gasteiger partial charge < -0.3 is 14.4 Å². The molecule has 6 nitrogen and oxygen atoms in total. The summed E-state index contributed by atoms with van der Waals surface area (Å²) in [5.74, 6) is 0.255. The lowest BCUT2D eigenvalue weighted by Crippen LogP contribution is -2.10. The lowest BCUT2D eigenvalue weighted by Gasteiger charge is -2.17. The Labute approximate surface area is 192 Å². The van der Waals surface area contributed by atoms with Gasteiger partial charge >= 0.3 is 5.91 Å². The van der Waals surface area contributed by atoms with E-state index in [1.807, 2.05) is 38.1 Å². The van der Waals surface area contributed by atoms with Crippen molar-refractivity contribution in [2.24, 2.45) is 17.3 Å². The van der Waals surface area contributed by atoms with Gasteiger partial charge in [0.2, 0.25) is 5.88 Å². The predicted octanol–water partition coefficient (Wildman–Crippen LogP) is 6.84. The van der Waals surface area contributed by atoms with Gasteiger partial charge in [-0.15, -0.1) is 10.2 Å². The molecule has 0 bridgehead atoms. The molecule has 2 aromatic carbocycles. The van der Waals surface area contributed by atoms with Crippen molar-refractivity contribution in [3.05, 3.63) is 49.9 Å². The van der Waals surface area contributed by atoms with E-state index in [-0.39, 0.29) is 24.1 Å². The van der Waals surface area contributed by atoms with Crippen molar-refractivity contribution < 1.29 is 14.6 Å². The molecule has 0 atom stereocenters. The van der Waals surface area contributed by atoms with Crippen LogP contribution in [0, 0.1) is 13.8 Å². The summed E-state index contributed by atoms with van der Waals surface area (Å²) in [5.41, 5.74) is 4.08. The fourth-order valence-electron chi connectivity index (χ4n) is 3.34. The minimum atomic E-state index is -0.541. The van der Waals surface area contributed by atoms with E-state index in [1.54, 1.807) is 11.6 Å². The zero-order valence-corrected chi connectivity index (χ0v) is 20.6. The Balaban J connectivity index is 1.84. The van der Waals surface area contributed by atoms with Crippen molar-refractivity contribution in [3.63, 3.8) is 0 Å². The maximum Gasteiger partial charge on any atom is 0.302 e. The van der Waals surface area contributed by atoms with Gasteiger partial charge in [0, 0.05) is 16.9 Å². The van der Waals surface area contributed by atoms with Crippen LogP contribution in [0.4, 0.5) is 5.69 Å². The van der Waals surface area contributed by atoms with Crippen molar-refractivity contribution in [1.82, 2.24) is 4.57 Å². The first-order chi connectivity index (χ1) is 14.1. The van der Waals surface area contributed by atoms with Gasteiger partial charge in [-0.3, -0.25) is 4.79 Å². The highest BCUT2D eigenvalue weighted by atomic mass is 79.9. The number of azo groups is 1. The van der Waals surface area contributed by atoms with Gasteiger partial charge in [-0.25, -0.2) is 0 Å². The summed E-state index contributed by atoms with van der Waals surface area (Å²) in [6.45, 7) is 7.77. The van der Waals surface area contributed by atoms with Crippen LogP contribution in [0.25, 0.3) is 10.9 Å². The molecule has 1 heterocycles. The second-order valence-electron chi connectivity index (χ2n) is 7.46. The van der Waals surface area contributed by atoms with Crippen LogP contribution in [0.3, 0.4) is 0 Å². The smallest absolute Gasteiger partial charge is 0.302 e. The fourth-order valence-corrected chi connectivity index (χ4v) is 4.60. The van der Waals surface area contributed by atoms with Crippen molar-refractivity contribution >= 4 is 54.4 Å². The minimum Gasteiger partial charge on any atom is -0.493 e. The van der Waals surface area contributed by atoms with Gasteiger partial charge in [0.05, 0.1) is 9.99 Å². The van der Waals surface area contributed by atoms with Gasteiger partial charge in [0.1, 0.15) is 5.75 Å². The number of nitrogens with zero attached hydrogens (tertiary/aromatic N) is 3. The van der Waals surface area contributed by atoms with E-state index in [9.17, 15) is 9.90 Å². The molecule has 0 radical (unpaired) electrons. The Morgan fingerprint density at radius 1 is 1.27 bits per heavy atom. The molecule has 1 N–H and O–H groups in total. The molecule has 0 aliphatic rings. The first kappa shape index (κ1) is 22.5. The molecule has 0 saturated heterocycles. The quantitative estimate of drug-likeness (QED) is 0.363. The largest absolute Gasteiger partial charge is 0.493 e. The second-order valence-corrected chi connectivity index (χ2v) is 9.10. The Hall–Kier alpha value is -2.19. The van der Waals surface area contributed by atoms with E-state index < -0.39 is 5.91 Å². The molecule has 0 unspecified atom stereocenters. The maximum atomic E-state index is 12.4. The molecule has 3 aromatic rings. The number of aryl methyl sites for hydroxylation is 2. The van der Waals surface area contributed by atoms with E-state index in [1.165, 1.54) is 0 Å². The van der Waals surface area contributed by atoms with Crippen LogP contribution >= 0.6 is 31.9 Å². The topological polar surface area (TPSA) is 76.2 Å². The number of aromatic hydroxyl groups is 1. The lowest BCUT2D eigenvalue weighted by atomic mass is 10.0. The zero-order valence-electron chi connectivity index (χ0n) is 17.5. The third kappa shape index (κ3) is 4.16. The molecule has 158 valence electrons. The number of carbonyl (C=O) groups is 1. The van der Waals surface area contributed by atoms with E-state index in [4.69, 9.17) is 4.74 Å². The van der Waals surface area contributed by atoms with Crippen molar-refractivity contribution in [1.29, 1.82) is 0 Å². The number of amides is 1. The average molecular weight is 537 g/mol. The number of benzene rings is 2. The van der Waals surface area contributed by atoms with Crippen molar-refractivity contribution in [2.75, 3.05) is 6.61 Å². The molecule has 30 heavy (non-hydrogen) atoms. The van der Waals surface area contributed by atoms with Gasteiger partial charge in [-0.05, 0) is 58.5 Å². The average Bonchev–Trinajstić information content (AvgIpc) is 2.94. The van der Waals surface area contributed by atoms with E-state index in [2.05, 4.69) is 55.9 Å². The highest BCUT2D eigenvalue weighted by Crippen LogP contribution is 2.41. The van der Waals surface area contributed by atoms with Crippen LogP contribution in [-0.2, 0) is 11.8 Å². The zero-order chi connectivity index (χ0) is 22.2. The molecule has 1 amide bonds. The predicted molar refractivity (Wildman–Crippen MR) is 125 cm³/mol. The first-order valence-electron chi connectivity index (χ1n) is 9.46. The van der Waals surface area contributed by atoms with Gasteiger partial charge in [0.15, 0.2) is 12.3 Å². The number of para-hydroxylation sites is 1.